The van der Waals surface area contributed by atoms with Gasteiger partial charge in [0.1, 0.15) is 12.2 Å². The molecule has 0 spiro atoms. The van der Waals surface area contributed by atoms with Crippen LogP contribution in [0.1, 0.15) is 116 Å². The number of carboxylic acids is 1. The predicted molar refractivity (Wildman–Crippen MR) is 177 cm³/mol. The van der Waals surface area contributed by atoms with Crippen LogP contribution in [-0.4, -0.2) is 46.4 Å². The van der Waals surface area contributed by atoms with E-state index < -0.39 is 24.1 Å². The van der Waals surface area contributed by atoms with Crippen molar-refractivity contribution in [3.8, 4) is 0 Å². The number of fused-ring (bicyclic) bond motifs is 5. The van der Waals surface area contributed by atoms with Gasteiger partial charge in [-0.2, -0.15) is 0 Å². The molecule has 0 aromatic heterocycles. The number of benzene rings is 1. The molecule has 0 radical (unpaired) electrons. The summed E-state index contributed by atoms with van der Waals surface area (Å²) in [5.74, 6) is -1.48. The number of esters is 2. The van der Waals surface area contributed by atoms with Crippen LogP contribution < -0.4 is 0 Å². The number of carbonyl (C=O) groups excluding carboxylic acids is 2. The van der Waals surface area contributed by atoms with Crippen LogP contribution in [0.2, 0.25) is 0 Å². The number of hydrogen-bond acceptors (Lipinski definition) is 6. The molecular formula is C39H54O7. The summed E-state index contributed by atoms with van der Waals surface area (Å²) in [6.07, 6.45) is 5.94. The molecular weight excluding hydrogens is 580 g/mol. The Labute approximate surface area is 274 Å². The number of aliphatic hydroxyl groups is 1. The largest absolute Gasteiger partial charge is 0.478 e. The molecule has 0 amide bonds. The van der Waals surface area contributed by atoms with Gasteiger partial charge in [-0.3, -0.25) is 4.79 Å². The fraction of sp³-hybridized carbons (Fsp3) is 0.667. The monoisotopic (exact) mass is 634 g/mol. The Balaban J connectivity index is 1.47. The van der Waals surface area contributed by atoms with Crippen LogP contribution >= 0.6 is 0 Å². The maximum atomic E-state index is 13.1. The first-order chi connectivity index (χ1) is 21.5. The molecule has 4 fully saturated rings. The lowest BCUT2D eigenvalue weighted by atomic mass is 9.36. The third kappa shape index (κ3) is 5.75. The highest BCUT2D eigenvalue weighted by Gasteiger charge is 2.71. The second kappa shape index (κ2) is 12.6. The van der Waals surface area contributed by atoms with Gasteiger partial charge in [-0.05, 0) is 130 Å². The number of rotatable bonds is 7. The van der Waals surface area contributed by atoms with Crippen molar-refractivity contribution in [3.63, 3.8) is 0 Å². The zero-order valence-corrected chi connectivity index (χ0v) is 29.0. The van der Waals surface area contributed by atoms with Gasteiger partial charge in [0.15, 0.2) is 0 Å². The molecule has 4 saturated carbocycles. The summed E-state index contributed by atoms with van der Waals surface area (Å²) in [6, 6.07) is 7.50. The van der Waals surface area contributed by atoms with E-state index in [1.807, 2.05) is 51.1 Å². The van der Waals surface area contributed by atoms with E-state index in [9.17, 15) is 24.6 Å². The van der Waals surface area contributed by atoms with Crippen LogP contribution in [0.15, 0.2) is 47.1 Å². The van der Waals surface area contributed by atoms with E-state index in [1.54, 1.807) is 0 Å². The fourth-order valence-corrected chi connectivity index (χ4v) is 10.8. The van der Waals surface area contributed by atoms with Gasteiger partial charge >= 0.3 is 17.9 Å². The third-order valence-corrected chi connectivity index (χ3v) is 13.1. The third-order valence-electron chi connectivity index (χ3n) is 13.1. The normalized spacial score (nSPS) is 39.3. The molecule has 2 N–H and O–H groups in total. The van der Waals surface area contributed by atoms with E-state index in [2.05, 4.69) is 27.7 Å². The van der Waals surface area contributed by atoms with Gasteiger partial charge in [-0.25, -0.2) is 9.59 Å². The summed E-state index contributed by atoms with van der Waals surface area (Å²) in [7, 11) is 0. The number of hydrogen-bond donors (Lipinski definition) is 2. The highest BCUT2D eigenvalue weighted by Crippen LogP contribution is 2.74. The first kappa shape index (κ1) is 34.4. The van der Waals surface area contributed by atoms with Crippen LogP contribution in [0.5, 0.6) is 0 Å². The van der Waals surface area contributed by atoms with E-state index in [-0.39, 0.29) is 52.0 Å². The molecule has 1 aromatic carbocycles. The minimum atomic E-state index is -0.969. The zero-order valence-electron chi connectivity index (χ0n) is 29.0. The van der Waals surface area contributed by atoms with Crippen LogP contribution in [-0.2, 0) is 19.1 Å². The fourth-order valence-electron chi connectivity index (χ4n) is 10.8. The van der Waals surface area contributed by atoms with Crippen molar-refractivity contribution in [2.45, 2.75) is 125 Å². The average Bonchev–Trinajstić information content (AvgIpc) is 3.23. The number of carbonyl (C=O) groups is 3. The maximum absolute atomic E-state index is 13.1. The maximum Gasteiger partial charge on any atom is 0.338 e. The summed E-state index contributed by atoms with van der Waals surface area (Å²) in [4.78, 5) is 38.3. The van der Waals surface area contributed by atoms with E-state index in [0.29, 0.717) is 42.4 Å². The van der Waals surface area contributed by atoms with Gasteiger partial charge in [0.2, 0.25) is 0 Å². The van der Waals surface area contributed by atoms with Crippen LogP contribution in [0.4, 0.5) is 0 Å². The topological polar surface area (TPSA) is 110 Å². The Morgan fingerprint density at radius 3 is 2.26 bits per heavy atom. The number of carboxylic acid groups (broad SMARTS) is 1. The second-order valence-electron chi connectivity index (χ2n) is 15.9. The quantitative estimate of drug-likeness (QED) is 0.179. The Bertz CT molecular complexity index is 1420. The summed E-state index contributed by atoms with van der Waals surface area (Å²) in [6.45, 7) is 16.5. The van der Waals surface area contributed by atoms with Gasteiger partial charge in [0, 0.05) is 12.5 Å². The standard InChI is InChI=1S/C39H54O7/c1-22(2)10-9-11-27(35(42)43)33-29-20-30(41)34-37(6)18-17-31(46-36(44)26-14-12-23(3)13-15-26)24(4)28(37)16-19-38(34,7)39(29,8)21-32(33)45-25(5)40/h10,12-15,24,28-32,34,41H,9,11,16-21H2,1-8H3,(H,42,43)/b33-27-/t24-,28-,29-,30+,31+,32-,34-,37-,38-,39-/m0/s1. The van der Waals surface area contributed by atoms with Gasteiger partial charge in [-0.15, -0.1) is 0 Å². The van der Waals surface area contributed by atoms with E-state index >= 15 is 0 Å². The molecule has 46 heavy (non-hydrogen) atoms. The molecule has 10 atom stereocenters. The Morgan fingerprint density at radius 2 is 1.65 bits per heavy atom. The average molecular weight is 635 g/mol. The van der Waals surface area contributed by atoms with Crippen LogP contribution in [0.25, 0.3) is 0 Å². The molecule has 7 heteroatoms. The SMILES string of the molecule is CC(=O)O[C@H]1C[C@@]2(C)[C@@H](C[C@@H](O)[C@H]3[C@@]4(C)CC[C@@H](OC(=O)c5ccc(C)cc5)[C@@H](C)[C@@H]4CC[C@@]32C)/C1=C(\CCC=C(C)C)C(=O)O. The molecule has 0 bridgehead atoms. The van der Waals surface area contributed by atoms with Gasteiger partial charge < -0.3 is 19.7 Å². The first-order valence-electron chi connectivity index (χ1n) is 17.3. The lowest BCUT2D eigenvalue weighted by molar-refractivity contribution is -0.234. The van der Waals surface area contributed by atoms with Crippen molar-refractivity contribution in [3.05, 3.63) is 58.2 Å². The molecule has 0 unspecified atom stereocenters. The van der Waals surface area contributed by atoms with E-state index in [1.165, 1.54) is 6.92 Å². The molecule has 0 aliphatic heterocycles. The smallest absolute Gasteiger partial charge is 0.338 e. The number of aliphatic carboxylic acids is 1. The Hall–Kier alpha value is -2.93. The second-order valence-corrected chi connectivity index (χ2v) is 15.9. The predicted octanol–water partition coefficient (Wildman–Crippen LogP) is 7.84. The molecule has 1 aromatic rings. The van der Waals surface area contributed by atoms with Crippen molar-refractivity contribution in [1.82, 2.24) is 0 Å². The Kier molecular flexibility index (Phi) is 9.42. The van der Waals surface area contributed by atoms with Gasteiger partial charge in [0.25, 0.3) is 0 Å². The minimum Gasteiger partial charge on any atom is -0.478 e. The van der Waals surface area contributed by atoms with Crippen molar-refractivity contribution >= 4 is 17.9 Å². The number of allylic oxidation sites excluding steroid dienone is 2. The zero-order chi connectivity index (χ0) is 33.8. The summed E-state index contributed by atoms with van der Waals surface area (Å²) in [5, 5.41) is 22.7. The lowest BCUT2D eigenvalue weighted by Crippen LogP contribution is -2.65. The van der Waals surface area contributed by atoms with E-state index in [4.69, 9.17) is 9.47 Å². The number of ether oxygens (including phenoxy) is 2. The van der Waals surface area contributed by atoms with E-state index in [0.717, 1.165) is 36.8 Å². The molecule has 252 valence electrons. The molecule has 0 heterocycles. The number of aliphatic hydroxyl groups excluding tert-OH is 1. The summed E-state index contributed by atoms with van der Waals surface area (Å²) >= 11 is 0. The van der Waals surface area contributed by atoms with Crippen molar-refractivity contribution in [2.75, 3.05) is 0 Å². The highest BCUT2D eigenvalue weighted by molar-refractivity contribution is 5.89. The first-order valence-corrected chi connectivity index (χ1v) is 17.3. The van der Waals surface area contributed by atoms with Crippen LogP contribution in [0, 0.1) is 46.8 Å². The minimum absolute atomic E-state index is 0.0209. The molecule has 4 aliphatic rings. The van der Waals surface area contributed by atoms with Crippen molar-refractivity contribution in [2.24, 2.45) is 39.9 Å². The number of aryl methyl sites for hydroxylation is 1. The molecule has 0 saturated heterocycles. The summed E-state index contributed by atoms with van der Waals surface area (Å²) < 4.78 is 12.1. The van der Waals surface area contributed by atoms with Crippen molar-refractivity contribution in [1.29, 1.82) is 0 Å². The molecule has 5 rings (SSSR count). The lowest BCUT2D eigenvalue weighted by Gasteiger charge is -2.69. The Morgan fingerprint density at radius 1 is 0.978 bits per heavy atom. The molecule has 4 aliphatic carbocycles. The van der Waals surface area contributed by atoms with Crippen LogP contribution in [0.3, 0.4) is 0 Å². The highest BCUT2D eigenvalue weighted by atomic mass is 16.5. The van der Waals surface area contributed by atoms with Crippen molar-refractivity contribution < 1.29 is 34.1 Å². The summed E-state index contributed by atoms with van der Waals surface area (Å²) in [5.41, 5.74) is 2.97. The van der Waals surface area contributed by atoms with Gasteiger partial charge in [0.05, 0.1) is 11.7 Å². The van der Waals surface area contributed by atoms with Gasteiger partial charge in [-0.1, -0.05) is 57.0 Å². The molecule has 7 nitrogen and oxygen atoms in total.